The molecule has 0 spiro atoms. The first kappa shape index (κ1) is 28.3. The number of hydrogen-bond acceptors (Lipinski definition) is 7. The van der Waals surface area contributed by atoms with E-state index in [0.29, 0.717) is 48.4 Å². The number of amides is 2. The first-order chi connectivity index (χ1) is 18.2. The normalized spacial score (nSPS) is 14.2. The Morgan fingerprint density at radius 1 is 1.08 bits per heavy atom. The van der Waals surface area contributed by atoms with Crippen molar-refractivity contribution in [2.45, 2.75) is 13.5 Å². The van der Waals surface area contributed by atoms with E-state index in [2.05, 4.69) is 0 Å². The van der Waals surface area contributed by atoms with Gasteiger partial charge in [0.25, 0.3) is 11.1 Å². The van der Waals surface area contributed by atoms with E-state index in [-0.39, 0.29) is 17.2 Å². The third-order valence-electron chi connectivity index (χ3n) is 5.37. The van der Waals surface area contributed by atoms with Crippen LogP contribution in [0.15, 0.2) is 59.5 Å². The van der Waals surface area contributed by atoms with Crippen molar-refractivity contribution < 1.29 is 28.6 Å². The van der Waals surface area contributed by atoms with Crippen LogP contribution in [-0.2, 0) is 11.3 Å². The molecule has 1 aliphatic heterocycles. The first-order valence-electron chi connectivity index (χ1n) is 11.2. The van der Waals surface area contributed by atoms with E-state index in [0.717, 1.165) is 16.7 Å². The molecule has 0 atom stereocenters. The van der Waals surface area contributed by atoms with E-state index in [1.807, 2.05) is 29.5 Å². The van der Waals surface area contributed by atoms with Gasteiger partial charge in [-0.1, -0.05) is 29.3 Å². The number of esters is 1. The van der Waals surface area contributed by atoms with Crippen LogP contribution >= 0.6 is 57.6 Å². The molecule has 1 saturated heterocycles. The fourth-order valence-electron chi connectivity index (χ4n) is 3.52. The van der Waals surface area contributed by atoms with Crippen LogP contribution < -0.4 is 14.2 Å². The summed E-state index contributed by atoms with van der Waals surface area (Å²) in [4.78, 5) is 39.8. The number of rotatable bonds is 8. The summed E-state index contributed by atoms with van der Waals surface area (Å²) in [6, 6.07) is 14.8. The van der Waals surface area contributed by atoms with Crippen molar-refractivity contribution in [3.05, 3.63) is 89.8 Å². The van der Waals surface area contributed by atoms with Crippen molar-refractivity contribution in [3.63, 3.8) is 0 Å². The van der Waals surface area contributed by atoms with Gasteiger partial charge < -0.3 is 14.2 Å². The number of nitrogens with zero attached hydrogens (tertiary/aromatic N) is 1. The summed E-state index contributed by atoms with van der Waals surface area (Å²) in [6.07, 6.45) is 1.61. The van der Waals surface area contributed by atoms with Crippen LogP contribution in [0.4, 0.5) is 4.79 Å². The maximum absolute atomic E-state index is 13.0. The Kier molecular flexibility index (Phi) is 9.24. The van der Waals surface area contributed by atoms with E-state index in [9.17, 15) is 14.4 Å². The highest BCUT2D eigenvalue weighted by molar-refractivity contribution is 14.1. The van der Waals surface area contributed by atoms with E-state index in [1.54, 1.807) is 67.8 Å². The van der Waals surface area contributed by atoms with Gasteiger partial charge in [-0.2, -0.15) is 0 Å². The zero-order chi connectivity index (χ0) is 27.4. The summed E-state index contributed by atoms with van der Waals surface area (Å²) in [5, 5.41) is 0.430. The third-order valence-corrected chi connectivity index (χ3v) is 7.66. The van der Waals surface area contributed by atoms with Gasteiger partial charge >= 0.3 is 5.97 Å². The van der Waals surface area contributed by atoms with Crippen LogP contribution in [0, 0.1) is 3.57 Å². The highest BCUT2D eigenvalue weighted by Crippen LogP contribution is 2.38. The van der Waals surface area contributed by atoms with Crippen LogP contribution in [0.1, 0.15) is 28.4 Å². The fraction of sp³-hybridized carbons (Fsp3) is 0.148. The number of ether oxygens (including phenoxy) is 3. The summed E-state index contributed by atoms with van der Waals surface area (Å²) in [5.41, 5.74) is 1.57. The lowest BCUT2D eigenvalue weighted by atomic mass is 10.1. The van der Waals surface area contributed by atoms with Crippen molar-refractivity contribution in [2.24, 2.45) is 0 Å². The molecule has 11 heteroatoms. The second-order valence-corrected chi connectivity index (χ2v) is 10.9. The van der Waals surface area contributed by atoms with Gasteiger partial charge in [0, 0.05) is 10.0 Å². The minimum absolute atomic E-state index is 0.0278. The fourth-order valence-corrected chi connectivity index (χ4v) is 5.56. The number of thioether (sulfide) groups is 1. The van der Waals surface area contributed by atoms with Crippen LogP contribution in [0.25, 0.3) is 6.08 Å². The average molecular weight is 684 g/mol. The van der Waals surface area contributed by atoms with E-state index >= 15 is 0 Å². The van der Waals surface area contributed by atoms with Crippen molar-refractivity contribution in [2.75, 3.05) is 13.7 Å². The molecule has 3 aromatic rings. The number of imide groups is 1. The largest absolute Gasteiger partial charge is 0.497 e. The summed E-state index contributed by atoms with van der Waals surface area (Å²) >= 11 is 15.0. The van der Waals surface area contributed by atoms with Crippen LogP contribution in [-0.4, -0.2) is 35.7 Å². The number of halogens is 3. The molecule has 38 heavy (non-hydrogen) atoms. The van der Waals surface area contributed by atoms with Gasteiger partial charge in [0.15, 0.2) is 11.5 Å². The molecule has 3 aromatic carbocycles. The average Bonchev–Trinajstić information content (AvgIpc) is 3.14. The molecule has 0 unspecified atom stereocenters. The molecule has 0 N–H and O–H groups in total. The van der Waals surface area contributed by atoms with Gasteiger partial charge in [0.1, 0.15) is 5.75 Å². The molecule has 4 rings (SSSR count). The molecule has 0 radical (unpaired) electrons. The Labute approximate surface area is 247 Å². The van der Waals surface area contributed by atoms with Gasteiger partial charge in [-0.25, -0.2) is 4.79 Å². The van der Waals surface area contributed by atoms with E-state index < -0.39 is 17.1 Å². The van der Waals surface area contributed by atoms with Gasteiger partial charge in [-0.05, 0) is 107 Å². The third kappa shape index (κ3) is 6.45. The molecular weight excluding hydrogens is 664 g/mol. The second-order valence-electron chi connectivity index (χ2n) is 7.88. The monoisotopic (exact) mass is 683 g/mol. The molecule has 0 aromatic heterocycles. The SMILES string of the molecule is CCOc1cc(/C=C2\SC(=O)N(Cc3ccc(Cl)cc3Cl)C2=O)cc(I)c1OC(=O)c1ccc(OC)cc1. The Morgan fingerprint density at radius 2 is 1.82 bits per heavy atom. The van der Waals surface area contributed by atoms with Crippen molar-refractivity contribution in [3.8, 4) is 17.2 Å². The quantitative estimate of drug-likeness (QED) is 0.106. The maximum atomic E-state index is 13.0. The summed E-state index contributed by atoms with van der Waals surface area (Å²) in [6.45, 7) is 2.16. The van der Waals surface area contributed by atoms with Gasteiger partial charge in [0.05, 0.1) is 34.3 Å². The molecule has 196 valence electrons. The van der Waals surface area contributed by atoms with Crippen molar-refractivity contribution in [1.82, 2.24) is 4.90 Å². The first-order valence-corrected chi connectivity index (χ1v) is 13.9. The predicted molar refractivity (Wildman–Crippen MR) is 156 cm³/mol. The van der Waals surface area contributed by atoms with Gasteiger partial charge in [-0.15, -0.1) is 0 Å². The Balaban J connectivity index is 1.57. The second kappa shape index (κ2) is 12.4. The predicted octanol–water partition coefficient (Wildman–Crippen LogP) is 7.46. The molecule has 1 heterocycles. The maximum Gasteiger partial charge on any atom is 0.343 e. The molecule has 2 amide bonds. The van der Waals surface area contributed by atoms with E-state index in [4.69, 9.17) is 37.4 Å². The number of carbonyl (C=O) groups excluding carboxylic acids is 3. The lowest BCUT2D eigenvalue weighted by Gasteiger charge is -2.14. The van der Waals surface area contributed by atoms with Gasteiger partial charge in [-0.3, -0.25) is 14.5 Å². The lowest BCUT2D eigenvalue weighted by Crippen LogP contribution is -2.27. The topological polar surface area (TPSA) is 82.1 Å². The van der Waals surface area contributed by atoms with Gasteiger partial charge in [0.2, 0.25) is 0 Å². The Hall–Kier alpha value is -2.73. The highest BCUT2D eigenvalue weighted by atomic mass is 127. The molecule has 0 saturated carbocycles. The summed E-state index contributed by atoms with van der Waals surface area (Å²) in [5.74, 6) is 0.224. The lowest BCUT2D eigenvalue weighted by molar-refractivity contribution is -0.123. The highest BCUT2D eigenvalue weighted by Gasteiger charge is 2.35. The Bertz CT molecular complexity index is 1440. The standard InChI is InChI=1S/C27H20Cl2INO6S/c1-3-36-22-11-15(10-21(30)24(22)37-26(33)16-5-8-19(35-2)9-6-16)12-23-25(32)31(27(34)38-23)14-17-4-7-18(28)13-20(17)29/h4-13H,3,14H2,1-2H3/b23-12-. The van der Waals surface area contributed by atoms with E-state index in [1.165, 1.54) is 0 Å². The van der Waals surface area contributed by atoms with Crippen molar-refractivity contribution in [1.29, 1.82) is 0 Å². The molecule has 0 aliphatic carbocycles. The zero-order valence-electron chi connectivity index (χ0n) is 20.1. The minimum atomic E-state index is -0.554. The summed E-state index contributed by atoms with van der Waals surface area (Å²) in [7, 11) is 1.54. The number of hydrogen-bond donors (Lipinski definition) is 0. The van der Waals surface area contributed by atoms with Crippen LogP contribution in [0.3, 0.4) is 0 Å². The number of carbonyl (C=O) groups is 3. The number of methoxy groups -OCH3 is 1. The van der Waals surface area contributed by atoms with Crippen molar-refractivity contribution >= 4 is 80.7 Å². The van der Waals surface area contributed by atoms with Crippen LogP contribution in [0.2, 0.25) is 10.0 Å². The molecular formula is C27H20Cl2INO6S. The molecule has 0 bridgehead atoms. The molecule has 1 fully saturated rings. The minimum Gasteiger partial charge on any atom is -0.497 e. The summed E-state index contributed by atoms with van der Waals surface area (Å²) < 4.78 is 17.1. The number of benzene rings is 3. The Morgan fingerprint density at radius 3 is 2.47 bits per heavy atom. The smallest absolute Gasteiger partial charge is 0.343 e. The zero-order valence-corrected chi connectivity index (χ0v) is 24.6. The molecule has 7 nitrogen and oxygen atoms in total. The molecule has 1 aliphatic rings. The van der Waals surface area contributed by atoms with Crippen LogP contribution in [0.5, 0.6) is 17.2 Å².